The average Bonchev–Trinajstić information content (AvgIpc) is 2.13. The summed E-state index contributed by atoms with van der Waals surface area (Å²) in [6, 6.07) is 0.464. The third kappa shape index (κ3) is 3.71. The second kappa shape index (κ2) is 5.02. The van der Waals surface area contributed by atoms with Crippen LogP contribution in [0, 0.1) is 0 Å². The van der Waals surface area contributed by atoms with Crippen molar-refractivity contribution < 1.29 is 8.42 Å². The molecule has 96 valence electrons. The number of piperazine rings is 1. The quantitative estimate of drug-likeness (QED) is 0.790. The standard InChI is InChI=1S/C11H24N2O2S/c1-10-9-13(6-5-12-10)7-8-16(14,15)11(2,3)4/h10,12H,5-9H2,1-4H3/t10-/m1/s1. The zero-order chi connectivity index (χ0) is 12.4. The molecule has 0 radical (unpaired) electrons. The van der Waals surface area contributed by atoms with Gasteiger partial charge in [0.25, 0.3) is 0 Å². The molecule has 0 aliphatic carbocycles. The Bertz CT molecular complexity index is 319. The Labute approximate surface area is 99.3 Å². The van der Waals surface area contributed by atoms with Crippen molar-refractivity contribution in [1.82, 2.24) is 10.2 Å². The summed E-state index contributed by atoms with van der Waals surface area (Å²) in [6.07, 6.45) is 0. The predicted molar refractivity (Wildman–Crippen MR) is 67.4 cm³/mol. The highest BCUT2D eigenvalue weighted by atomic mass is 32.2. The molecule has 1 heterocycles. The van der Waals surface area contributed by atoms with Crippen molar-refractivity contribution >= 4 is 9.84 Å². The molecule has 0 aromatic rings. The van der Waals surface area contributed by atoms with Gasteiger partial charge in [0.15, 0.2) is 9.84 Å². The van der Waals surface area contributed by atoms with Gasteiger partial charge in [0.1, 0.15) is 0 Å². The maximum absolute atomic E-state index is 11.9. The zero-order valence-corrected chi connectivity index (χ0v) is 11.6. The molecule has 0 amide bonds. The van der Waals surface area contributed by atoms with Crippen LogP contribution < -0.4 is 5.32 Å². The van der Waals surface area contributed by atoms with Gasteiger partial charge in [0.2, 0.25) is 0 Å². The van der Waals surface area contributed by atoms with E-state index < -0.39 is 14.6 Å². The van der Waals surface area contributed by atoms with Crippen molar-refractivity contribution in [3.8, 4) is 0 Å². The van der Waals surface area contributed by atoms with Crippen LogP contribution in [0.25, 0.3) is 0 Å². The first-order valence-corrected chi connectivity index (χ1v) is 7.55. The first-order valence-electron chi connectivity index (χ1n) is 5.90. The minimum atomic E-state index is -2.98. The fourth-order valence-electron chi connectivity index (χ4n) is 1.77. The van der Waals surface area contributed by atoms with Gasteiger partial charge in [-0.3, -0.25) is 4.90 Å². The number of hydrogen-bond acceptors (Lipinski definition) is 4. The van der Waals surface area contributed by atoms with Crippen LogP contribution in [-0.2, 0) is 9.84 Å². The summed E-state index contributed by atoms with van der Waals surface area (Å²) in [5.74, 6) is 0.267. The third-order valence-corrected chi connectivity index (χ3v) is 5.65. The maximum atomic E-state index is 11.9. The van der Waals surface area contributed by atoms with Gasteiger partial charge >= 0.3 is 0 Å². The van der Waals surface area contributed by atoms with Crippen LogP contribution in [-0.4, -0.2) is 56.0 Å². The lowest BCUT2D eigenvalue weighted by atomic mass is 10.2. The summed E-state index contributed by atoms with van der Waals surface area (Å²) in [6.45, 7) is 10.9. The molecule has 1 saturated heterocycles. The Morgan fingerprint density at radius 3 is 2.50 bits per heavy atom. The normalized spacial score (nSPS) is 24.6. The smallest absolute Gasteiger partial charge is 0.156 e. The molecule has 0 spiro atoms. The minimum Gasteiger partial charge on any atom is -0.312 e. The highest BCUT2D eigenvalue weighted by Gasteiger charge is 2.29. The lowest BCUT2D eigenvalue weighted by Crippen LogP contribution is -2.50. The Hall–Kier alpha value is -0.130. The summed E-state index contributed by atoms with van der Waals surface area (Å²) in [5, 5.41) is 3.35. The molecule has 16 heavy (non-hydrogen) atoms. The minimum absolute atomic E-state index is 0.267. The second-order valence-corrected chi connectivity index (χ2v) is 8.45. The van der Waals surface area contributed by atoms with Crippen molar-refractivity contribution in [2.24, 2.45) is 0 Å². The largest absolute Gasteiger partial charge is 0.312 e. The highest BCUT2D eigenvalue weighted by Crippen LogP contribution is 2.16. The van der Waals surface area contributed by atoms with E-state index >= 15 is 0 Å². The number of hydrogen-bond donors (Lipinski definition) is 1. The molecule has 0 aromatic carbocycles. The SMILES string of the molecule is C[C@@H]1CN(CCS(=O)(=O)C(C)(C)C)CCN1. The van der Waals surface area contributed by atoms with E-state index in [4.69, 9.17) is 0 Å². The molecule has 0 bridgehead atoms. The molecule has 4 nitrogen and oxygen atoms in total. The van der Waals surface area contributed by atoms with Gasteiger partial charge in [0, 0.05) is 32.2 Å². The van der Waals surface area contributed by atoms with Crippen LogP contribution in [0.15, 0.2) is 0 Å². The topological polar surface area (TPSA) is 49.4 Å². The van der Waals surface area contributed by atoms with E-state index in [0.29, 0.717) is 12.6 Å². The molecule has 0 aromatic heterocycles. The van der Waals surface area contributed by atoms with Crippen LogP contribution in [0.5, 0.6) is 0 Å². The highest BCUT2D eigenvalue weighted by molar-refractivity contribution is 7.92. The van der Waals surface area contributed by atoms with E-state index in [9.17, 15) is 8.42 Å². The predicted octanol–water partition coefficient (Wildman–Crippen LogP) is 0.493. The van der Waals surface area contributed by atoms with Crippen molar-refractivity contribution in [3.05, 3.63) is 0 Å². The fraction of sp³-hybridized carbons (Fsp3) is 1.00. The van der Waals surface area contributed by atoms with Gasteiger partial charge < -0.3 is 5.32 Å². The van der Waals surface area contributed by atoms with Crippen molar-refractivity contribution in [1.29, 1.82) is 0 Å². The average molecular weight is 248 g/mol. The van der Waals surface area contributed by atoms with E-state index in [0.717, 1.165) is 19.6 Å². The number of rotatable bonds is 3. The third-order valence-electron chi connectivity index (χ3n) is 3.06. The lowest BCUT2D eigenvalue weighted by Gasteiger charge is -2.32. The summed E-state index contributed by atoms with van der Waals surface area (Å²) in [4.78, 5) is 2.23. The first-order chi connectivity index (χ1) is 7.22. The van der Waals surface area contributed by atoms with Crippen LogP contribution in [0.3, 0.4) is 0 Å². The Kier molecular flexibility index (Phi) is 4.37. The number of nitrogens with zero attached hydrogens (tertiary/aromatic N) is 1. The van der Waals surface area contributed by atoms with Crippen molar-refractivity contribution in [3.63, 3.8) is 0 Å². The Morgan fingerprint density at radius 1 is 1.38 bits per heavy atom. The fourth-order valence-corrected chi connectivity index (χ4v) is 2.88. The number of nitrogens with one attached hydrogen (secondary N) is 1. The van der Waals surface area contributed by atoms with Gasteiger partial charge in [0.05, 0.1) is 10.5 Å². The molecular weight excluding hydrogens is 224 g/mol. The molecule has 5 heteroatoms. The van der Waals surface area contributed by atoms with Gasteiger partial charge in [-0.25, -0.2) is 8.42 Å². The summed E-state index contributed by atoms with van der Waals surface area (Å²) < 4.78 is 23.2. The van der Waals surface area contributed by atoms with Gasteiger partial charge in [-0.05, 0) is 27.7 Å². The first kappa shape index (κ1) is 13.9. The second-order valence-electron chi connectivity index (χ2n) is 5.59. The molecule has 1 rings (SSSR count). The maximum Gasteiger partial charge on any atom is 0.156 e. The lowest BCUT2D eigenvalue weighted by molar-refractivity contribution is 0.217. The molecule has 0 unspecified atom stereocenters. The molecule has 0 saturated carbocycles. The Balaban J connectivity index is 2.46. The zero-order valence-electron chi connectivity index (χ0n) is 10.8. The van der Waals surface area contributed by atoms with Gasteiger partial charge in [-0.1, -0.05) is 0 Å². The van der Waals surface area contributed by atoms with E-state index in [2.05, 4.69) is 17.1 Å². The van der Waals surface area contributed by atoms with Crippen LogP contribution in [0.1, 0.15) is 27.7 Å². The molecule has 1 atom stereocenters. The van der Waals surface area contributed by atoms with E-state index in [1.165, 1.54) is 0 Å². The summed E-state index contributed by atoms with van der Waals surface area (Å²) >= 11 is 0. The number of sulfone groups is 1. The van der Waals surface area contributed by atoms with Gasteiger partial charge in [-0.15, -0.1) is 0 Å². The Morgan fingerprint density at radius 2 is 2.00 bits per heavy atom. The molecule has 1 aliphatic rings. The molecule has 1 fully saturated rings. The van der Waals surface area contributed by atoms with Gasteiger partial charge in [-0.2, -0.15) is 0 Å². The van der Waals surface area contributed by atoms with E-state index in [1.54, 1.807) is 20.8 Å². The summed E-state index contributed by atoms with van der Waals surface area (Å²) in [5.41, 5.74) is 0. The van der Waals surface area contributed by atoms with E-state index in [-0.39, 0.29) is 5.75 Å². The van der Waals surface area contributed by atoms with Crippen LogP contribution in [0.2, 0.25) is 0 Å². The van der Waals surface area contributed by atoms with Crippen LogP contribution in [0.4, 0.5) is 0 Å². The van der Waals surface area contributed by atoms with Crippen LogP contribution >= 0.6 is 0 Å². The monoisotopic (exact) mass is 248 g/mol. The molecule has 1 aliphatic heterocycles. The van der Waals surface area contributed by atoms with E-state index in [1.807, 2.05) is 0 Å². The van der Waals surface area contributed by atoms with Crippen molar-refractivity contribution in [2.75, 3.05) is 31.9 Å². The van der Waals surface area contributed by atoms with Crippen molar-refractivity contribution in [2.45, 2.75) is 38.5 Å². The molecular formula is C11H24N2O2S. The summed E-state index contributed by atoms with van der Waals surface area (Å²) in [7, 11) is -2.98. The molecule has 1 N–H and O–H groups in total.